The van der Waals surface area contributed by atoms with Crippen LogP contribution in [0.25, 0.3) is 0 Å². The average Bonchev–Trinajstić information content (AvgIpc) is 2.75. The van der Waals surface area contributed by atoms with Crippen LogP contribution in [0.15, 0.2) is 42.5 Å². The van der Waals surface area contributed by atoms with E-state index < -0.39 is 42.1 Å². The first-order chi connectivity index (χ1) is 15.5. The quantitative estimate of drug-likeness (QED) is 0.419. The van der Waals surface area contributed by atoms with Crippen molar-refractivity contribution in [1.29, 1.82) is 0 Å². The van der Waals surface area contributed by atoms with Crippen molar-refractivity contribution < 1.29 is 41.7 Å². The number of alkyl halides is 3. The fourth-order valence-electron chi connectivity index (χ4n) is 2.46. The van der Waals surface area contributed by atoms with Gasteiger partial charge in [0.05, 0.1) is 11.7 Å². The summed E-state index contributed by atoms with van der Waals surface area (Å²) < 4.78 is 61.3. The molecule has 0 spiro atoms. The molecular weight excluding hydrogens is 472 g/mol. The number of ether oxygens (including phenoxy) is 2. The SMILES string of the molecule is O=C(COc1ccc(C(F)(F)F)c(F)c1)NCC[C@H](O)CNC(=O)COc1ccc(Cl)cc1. The van der Waals surface area contributed by atoms with E-state index in [4.69, 9.17) is 21.1 Å². The minimum Gasteiger partial charge on any atom is -0.484 e. The standard InChI is InChI=1S/C21H21ClF4N2O5/c22-13-1-3-15(4-2-13)32-12-20(31)28-10-14(29)7-8-27-19(30)11-33-16-5-6-17(18(23)9-16)21(24,25)26/h1-6,9,14,29H,7-8,10-12H2,(H,27,30)(H,28,31)/t14-/m0/s1. The smallest absolute Gasteiger partial charge is 0.419 e. The Bertz CT molecular complexity index is 941. The minimum atomic E-state index is -4.83. The normalized spacial score (nSPS) is 12.1. The Morgan fingerprint density at radius 3 is 2.15 bits per heavy atom. The highest BCUT2D eigenvalue weighted by Gasteiger charge is 2.34. The van der Waals surface area contributed by atoms with E-state index >= 15 is 0 Å². The van der Waals surface area contributed by atoms with E-state index in [-0.39, 0.29) is 31.9 Å². The number of nitrogens with one attached hydrogen (secondary N) is 2. The van der Waals surface area contributed by atoms with Crippen molar-refractivity contribution in [3.63, 3.8) is 0 Å². The van der Waals surface area contributed by atoms with Crippen LogP contribution in [-0.2, 0) is 15.8 Å². The molecule has 2 rings (SSSR count). The second kappa shape index (κ2) is 12.3. The van der Waals surface area contributed by atoms with Gasteiger partial charge in [-0.15, -0.1) is 0 Å². The monoisotopic (exact) mass is 492 g/mol. The van der Waals surface area contributed by atoms with E-state index in [9.17, 15) is 32.3 Å². The molecule has 0 aromatic heterocycles. The molecule has 2 aromatic carbocycles. The summed E-state index contributed by atoms with van der Waals surface area (Å²) in [5, 5.41) is 15.3. The van der Waals surface area contributed by atoms with Crippen LogP contribution in [0.3, 0.4) is 0 Å². The van der Waals surface area contributed by atoms with Crippen molar-refractivity contribution in [2.75, 3.05) is 26.3 Å². The average molecular weight is 493 g/mol. The topological polar surface area (TPSA) is 96.9 Å². The van der Waals surface area contributed by atoms with Gasteiger partial charge in [-0.1, -0.05) is 11.6 Å². The molecule has 2 amide bonds. The largest absolute Gasteiger partial charge is 0.484 e. The number of rotatable bonds is 11. The number of hydrogen-bond donors (Lipinski definition) is 3. The Hall–Kier alpha value is -3.05. The van der Waals surface area contributed by atoms with Gasteiger partial charge in [-0.2, -0.15) is 13.2 Å². The second-order valence-electron chi connectivity index (χ2n) is 6.77. The van der Waals surface area contributed by atoms with Gasteiger partial charge in [-0.25, -0.2) is 4.39 Å². The first-order valence-electron chi connectivity index (χ1n) is 9.64. The maximum atomic E-state index is 13.5. The second-order valence-corrected chi connectivity index (χ2v) is 7.20. The van der Waals surface area contributed by atoms with Crippen LogP contribution in [-0.4, -0.2) is 49.3 Å². The lowest BCUT2D eigenvalue weighted by Gasteiger charge is -2.13. The van der Waals surface area contributed by atoms with E-state index in [1.54, 1.807) is 24.3 Å². The van der Waals surface area contributed by atoms with E-state index in [0.29, 0.717) is 22.9 Å². The maximum Gasteiger partial charge on any atom is 0.419 e. The number of halogens is 5. The zero-order valence-electron chi connectivity index (χ0n) is 17.1. The lowest BCUT2D eigenvalue weighted by molar-refractivity contribution is -0.140. The number of aliphatic hydroxyl groups is 1. The summed E-state index contributed by atoms with van der Waals surface area (Å²) in [5.41, 5.74) is -1.43. The Labute approximate surface area is 191 Å². The van der Waals surface area contributed by atoms with Gasteiger partial charge in [0.15, 0.2) is 13.2 Å². The van der Waals surface area contributed by atoms with Crippen LogP contribution >= 0.6 is 11.6 Å². The summed E-state index contributed by atoms with van der Waals surface area (Å²) >= 11 is 5.75. The first-order valence-corrected chi connectivity index (χ1v) is 10.0. The van der Waals surface area contributed by atoms with E-state index in [2.05, 4.69) is 10.6 Å². The van der Waals surface area contributed by atoms with Crippen LogP contribution in [0.4, 0.5) is 17.6 Å². The molecule has 2 aromatic rings. The molecule has 0 heterocycles. The highest BCUT2D eigenvalue weighted by molar-refractivity contribution is 6.30. The number of benzene rings is 2. The van der Waals surface area contributed by atoms with Gasteiger partial charge in [0.2, 0.25) is 0 Å². The fraction of sp³-hybridized carbons (Fsp3) is 0.333. The van der Waals surface area contributed by atoms with Crippen molar-refractivity contribution >= 4 is 23.4 Å². The van der Waals surface area contributed by atoms with E-state index in [1.165, 1.54) is 0 Å². The van der Waals surface area contributed by atoms with Gasteiger partial charge in [-0.05, 0) is 42.8 Å². The third-order valence-corrected chi connectivity index (χ3v) is 4.39. The van der Waals surface area contributed by atoms with E-state index in [0.717, 1.165) is 6.07 Å². The molecule has 7 nitrogen and oxygen atoms in total. The number of aliphatic hydroxyl groups excluding tert-OH is 1. The minimum absolute atomic E-state index is 0.0435. The van der Waals surface area contributed by atoms with Crippen molar-refractivity contribution in [2.24, 2.45) is 0 Å². The molecule has 0 bridgehead atoms. The highest BCUT2D eigenvalue weighted by atomic mass is 35.5. The molecular formula is C21H21ClF4N2O5. The molecule has 0 saturated heterocycles. The molecule has 0 aliphatic heterocycles. The Kier molecular flexibility index (Phi) is 9.74. The lowest BCUT2D eigenvalue weighted by Crippen LogP contribution is -2.37. The number of hydrogen-bond acceptors (Lipinski definition) is 5. The van der Waals surface area contributed by atoms with Crippen LogP contribution < -0.4 is 20.1 Å². The van der Waals surface area contributed by atoms with Gasteiger partial charge < -0.3 is 25.2 Å². The highest BCUT2D eigenvalue weighted by Crippen LogP contribution is 2.32. The predicted octanol–water partition coefficient (Wildman–Crippen LogP) is 2.94. The van der Waals surface area contributed by atoms with Crippen molar-refractivity contribution in [1.82, 2.24) is 10.6 Å². The third-order valence-electron chi connectivity index (χ3n) is 4.13. The molecule has 0 aliphatic rings. The van der Waals surface area contributed by atoms with Crippen LogP contribution in [0.1, 0.15) is 12.0 Å². The first kappa shape index (κ1) is 26.2. The van der Waals surface area contributed by atoms with Crippen LogP contribution in [0.2, 0.25) is 5.02 Å². The number of carbonyl (C=O) groups excluding carboxylic acids is 2. The molecule has 0 aliphatic carbocycles. The molecule has 1 atom stereocenters. The summed E-state index contributed by atoms with van der Waals surface area (Å²) in [6, 6.07) is 8.39. The fourth-order valence-corrected chi connectivity index (χ4v) is 2.58. The molecule has 0 fully saturated rings. The summed E-state index contributed by atoms with van der Waals surface area (Å²) in [6.07, 6.45) is -5.67. The molecule has 180 valence electrons. The van der Waals surface area contributed by atoms with Crippen LogP contribution in [0.5, 0.6) is 11.5 Å². The summed E-state index contributed by atoms with van der Waals surface area (Å²) in [7, 11) is 0. The third kappa shape index (κ3) is 9.54. The number of carbonyl (C=O) groups is 2. The van der Waals surface area contributed by atoms with Gasteiger partial charge in [-0.3, -0.25) is 9.59 Å². The molecule has 0 radical (unpaired) electrons. The molecule has 12 heteroatoms. The summed E-state index contributed by atoms with van der Waals surface area (Å²) in [6.45, 7) is -0.839. The number of amides is 2. The predicted molar refractivity (Wildman–Crippen MR) is 110 cm³/mol. The molecule has 33 heavy (non-hydrogen) atoms. The van der Waals surface area contributed by atoms with Gasteiger partial charge in [0, 0.05) is 24.2 Å². The zero-order valence-corrected chi connectivity index (χ0v) is 17.9. The lowest BCUT2D eigenvalue weighted by atomic mass is 10.2. The maximum absolute atomic E-state index is 13.5. The Morgan fingerprint density at radius 2 is 1.55 bits per heavy atom. The van der Waals surface area contributed by atoms with Crippen LogP contribution in [0, 0.1) is 5.82 Å². The molecule has 3 N–H and O–H groups in total. The Morgan fingerprint density at radius 1 is 0.970 bits per heavy atom. The molecule has 0 saturated carbocycles. The van der Waals surface area contributed by atoms with Gasteiger partial charge in [0.25, 0.3) is 11.8 Å². The Balaban J connectivity index is 1.60. The zero-order chi connectivity index (χ0) is 24.4. The summed E-state index contributed by atoms with van der Waals surface area (Å²) in [5.74, 6) is -2.37. The van der Waals surface area contributed by atoms with Crippen molar-refractivity contribution in [3.8, 4) is 11.5 Å². The van der Waals surface area contributed by atoms with Crippen molar-refractivity contribution in [3.05, 3.63) is 58.9 Å². The summed E-state index contributed by atoms with van der Waals surface area (Å²) in [4.78, 5) is 23.5. The molecule has 0 unspecified atom stereocenters. The van der Waals surface area contributed by atoms with Gasteiger partial charge >= 0.3 is 6.18 Å². The van der Waals surface area contributed by atoms with Gasteiger partial charge in [0.1, 0.15) is 17.3 Å². The van der Waals surface area contributed by atoms with Crippen molar-refractivity contribution in [2.45, 2.75) is 18.7 Å². The van der Waals surface area contributed by atoms with E-state index in [1.807, 2.05) is 0 Å².